The first-order valence-electron chi connectivity index (χ1n) is 6.31. The molecule has 1 N–H and O–H groups in total. The van der Waals surface area contributed by atoms with E-state index < -0.39 is 16.9 Å². The van der Waals surface area contributed by atoms with E-state index in [4.69, 9.17) is 11.6 Å². The van der Waals surface area contributed by atoms with E-state index in [2.05, 4.69) is 0 Å². The second kappa shape index (κ2) is 5.76. The van der Waals surface area contributed by atoms with Crippen molar-refractivity contribution in [2.24, 2.45) is 5.92 Å². The Morgan fingerprint density at radius 1 is 1.55 bits per heavy atom. The molecule has 1 aromatic carbocycles. The van der Waals surface area contributed by atoms with Crippen molar-refractivity contribution in [2.45, 2.75) is 19.4 Å². The van der Waals surface area contributed by atoms with Gasteiger partial charge in [-0.2, -0.15) is 0 Å². The molecule has 1 aromatic rings. The third-order valence-corrected chi connectivity index (χ3v) is 3.77. The quantitative estimate of drug-likeness (QED) is 0.669. The zero-order valence-electron chi connectivity index (χ0n) is 11.0. The number of hydrogen-bond acceptors (Lipinski definition) is 4. The second-order valence-corrected chi connectivity index (χ2v) is 5.44. The van der Waals surface area contributed by atoms with Crippen LogP contribution < -0.4 is 0 Å². The first-order valence-corrected chi connectivity index (χ1v) is 6.69. The largest absolute Gasteiger partial charge is 0.393 e. The molecular formula is C13H15ClN2O4. The fraction of sp³-hybridized carbons (Fsp3) is 0.462. The van der Waals surface area contributed by atoms with E-state index in [1.54, 1.807) is 0 Å². The molecule has 1 amide bonds. The van der Waals surface area contributed by atoms with Gasteiger partial charge in [0, 0.05) is 24.2 Å². The number of likely N-dealkylation sites (tertiary alicyclic amines) is 1. The molecule has 2 atom stereocenters. The van der Waals surface area contributed by atoms with E-state index in [9.17, 15) is 20.0 Å². The molecule has 0 aromatic heterocycles. The van der Waals surface area contributed by atoms with Crippen LogP contribution in [0.3, 0.4) is 0 Å². The minimum Gasteiger partial charge on any atom is -0.393 e. The lowest BCUT2D eigenvalue weighted by Gasteiger charge is -2.34. The van der Waals surface area contributed by atoms with Gasteiger partial charge in [-0.25, -0.2) is 0 Å². The highest BCUT2D eigenvalue weighted by Gasteiger charge is 2.31. The van der Waals surface area contributed by atoms with Crippen molar-refractivity contribution in [3.63, 3.8) is 0 Å². The van der Waals surface area contributed by atoms with Gasteiger partial charge in [0.25, 0.3) is 11.6 Å². The number of amides is 1. The number of carbonyl (C=O) groups excluding carboxylic acids is 1. The van der Waals surface area contributed by atoms with Crippen LogP contribution >= 0.6 is 11.6 Å². The van der Waals surface area contributed by atoms with E-state index in [0.29, 0.717) is 19.5 Å². The van der Waals surface area contributed by atoms with Crippen LogP contribution in [0.5, 0.6) is 0 Å². The molecule has 1 aliphatic rings. The summed E-state index contributed by atoms with van der Waals surface area (Å²) in [5.74, 6) is -0.469. The lowest BCUT2D eigenvalue weighted by Crippen LogP contribution is -2.45. The zero-order valence-corrected chi connectivity index (χ0v) is 11.7. The van der Waals surface area contributed by atoms with Gasteiger partial charge < -0.3 is 10.0 Å². The molecule has 2 rings (SSSR count). The van der Waals surface area contributed by atoms with Crippen LogP contribution in [0.4, 0.5) is 5.69 Å². The SMILES string of the molecule is CC1CN(C(=O)c2cc(Cl)ccc2[N+](=O)[O-])CCC1O. The van der Waals surface area contributed by atoms with Crippen LogP contribution in [0.25, 0.3) is 0 Å². The number of piperidine rings is 1. The molecule has 6 nitrogen and oxygen atoms in total. The van der Waals surface area contributed by atoms with Crippen LogP contribution in [0.2, 0.25) is 5.02 Å². The van der Waals surface area contributed by atoms with Crippen molar-refractivity contribution in [3.05, 3.63) is 38.9 Å². The lowest BCUT2D eigenvalue weighted by atomic mass is 9.96. The zero-order chi connectivity index (χ0) is 14.9. The van der Waals surface area contributed by atoms with Gasteiger partial charge in [0.2, 0.25) is 0 Å². The third-order valence-electron chi connectivity index (χ3n) is 3.53. The summed E-state index contributed by atoms with van der Waals surface area (Å²) in [5, 5.41) is 20.9. The summed E-state index contributed by atoms with van der Waals surface area (Å²) < 4.78 is 0. The second-order valence-electron chi connectivity index (χ2n) is 5.00. The van der Waals surface area contributed by atoms with Gasteiger partial charge >= 0.3 is 0 Å². The van der Waals surface area contributed by atoms with Crippen molar-refractivity contribution in [1.82, 2.24) is 4.90 Å². The summed E-state index contributed by atoms with van der Waals surface area (Å²) in [6.45, 7) is 2.61. The van der Waals surface area contributed by atoms with Gasteiger partial charge in [-0.3, -0.25) is 14.9 Å². The van der Waals surface area contributed by atoms with Gasteiger partial charge in [-0.05, 0) is 24.5 Å². The highest BCUT2D eigenvalue weighted by atomic mass is 35.5. The Morgan fingerprint density at radius 3 is 2.85 bits per heavy atom. The van der Waals surface area contributed by atoms with Gasteiger partial charge in [0.1, 0.15) is 5.56 Å². The van der Waals surface area contributed by atoms with Gasteiger partial charge in [-0.15, -0.1) is 0 Å². The Balaban J connectivity index is 2.29. The number of rotatable bonds is 2. The highest BCUT2D eigenvalue weighted by molar-refractivity contribution is 6.31. The third kappa shape index (κ3) is 2.91. The van der Waals surface area contributed by atoms with Crippen molar-refractivity contribution in [1.29, 1.82) is 0 Å². The number of hydrogen-bond donors (Lipinski definition) is 1. The molecule has 0 spiro atoms. The minimum absolute atomic E-state index is 0.00825. The first kappa shape index (κ1) is 14.7. The number of nitro groups is 1. The molecule has 0 aliphatic carbocycles. The Kier molecular flexibility index (Phi) is 4.25. The smallest absolute Gasteiger partial charge is 0.282 e. The Morgan fingerprint density at radius 2 is 2.25 bits per heavy atom. The van der Waals surface area contributed by atoms with Crippen molar-refractivity contribution in [2.75, 3.05) is 13.1 Å². The van der Waals surface area contributed by atoms with Crippen LogP contribution in [-0.2, 0) is 0 Å². The monoisotopic (exact) mass is 298 g/mol. The van der Waals surface area contributed by atoms with E-state index in [0.717, 1.165) is 0 Å². The molecule has 1 aliphatic heterocycles. The van der Waals surface area contributed by atoms with E-state index >= 15 is 0 Å². The van der Waals surface area contributed by atoms with Gasteiger partial charge in [-0.1, -0.05) is 18.5 Å². The van der Waals surface area contributed by atoms with Crippen LogP contribution in [0.15, 0.2) is 18.2 Å². The van der Waals surface area contributed by atoms with Crippen LogP contribution in [-0.4, -0.2) is 40.0 Å². The summed E-state index contributed by atoms with van der Waals surface area (Å²) >= 11 is 5.82. The Labute approximate surface area is 121 Å². The van der Waals surface area contributed by atoms with Crippen molar-refractivity contribution in [3.8, 4) is 0 Å². The lowest BCUT2D eigenvalue weighted by molar-refractivity contribution is -0.385. The standard InChI is InChI=1S/C13H15ClN2O4/c1-8-7-15(5-4-12(8)17)13(18)10-6-9(14)2-3-11(10)16(19)20/h2-3,6,8,12,17H,4-5,7H2,1H3. The number of nitro benzene ring substituents is 1. The number of halogens is 1. The molecule has 1 saturated heterocycles. The maximum absolute atomic E-state index is 12.4. The first-order chi connectivity index (χ1) is 9.40. The summed E-state index contributed by atoms with van der Waals surface area (Å²) in [5.41, 5.74) is -0.260. The van der Waals surface area contributed by atoms with E-state index in [-0.39, 0.29) is 22.2 Å². The molecule has 1 fully saturated rings. The molecule has 1 heterocycles. The highest BCUT2D eigenvalue weighted by Crippen LogP contribution is 2.26. The fourth-order valence-corrected chi connectivity index (χ4v) is 2.50. The minimum atomic E-state index is -0.591. The van der Waals surface area contributed by atoms with Crippen LogP contribution in [0.1, 0.15) is 23.7 Å². The maximum Gasteiger partial charge on any atom is 0.282 e. The predicted molar refractivity (Wildman–Crippen MR) is 73.8 cm³/mol. The van der Waals surface area contributed by atoms with Crippen molar-refractivity contribution < 1.29 is 14.8 Å². The summed E-state index contributed by atoms with van der Waals surface area (Å²) in [6.07, 6.45) is 0.0368. The van der Waals surface area contributed by atoms with Crippen LogP contribution in [0, 0.1) is 16.0 Å². The molecule has 108 valence electrons. The Bertz CT molecular complexity index is 549. The van der Waals surface area contributed by atoms with Gasteiger partial charge in [0.05, 0.1) is 11.0 Å². The molecule has 0 saturated carbocycles. The number of carbonyl (C=O) groups is 1. The molecule has 0 bridgehead atoms. The molecule has 2 unspecified atom stereocenters. The van der Waals surface area contributed by atoms with Crippen molar-refractivity contribution >= 4 is 23.2 Å². The number of aliphatic hydroxyl groups excluding tert-OH is 1. The molecule has 20 heavy (non-hydrogen) atoms. The molecular weight excluding hydrogens is 284 g/mol. The van der Waals surface area contributed by atoms with E-state index in [1.807, 2.05) is 6.92 Å². The number of nitrogens with zero attached hydrogens (tertiary/aromatic N) is 2. The summed E-state index contributed by atoms with van der Waals surface area (Å²) in [6, 6.07) is 3.94. The normalized spacial score (nSPS) is 22.6. The summed E-state index contributed by atoms with van der Waals surface area (Å²) in [7, 11) is 0. The Hall–Kier alpha value is -1.66. The summed E-state index contributed by atoms with van der Waals surface area (Å²) in [4.78, 5) is 24.3. The number of benzene rings is 1. The topological polar surface area (TPSA) is 83.7 Å². The predicted octanol–water partition coefficient (Wildman–Crippen LogP) is 2.09. The molecule has 0 radical (unpaired) electrons. The van der Waals surface area contributed by atoms with E-state index in [1.165, 1.54) is 23.1 Å². The maximum atomic E-state index is 12.4. The fourth-order valence-electron chi connectivity index (χ4n) is 2.33. The molecule has 7 heteroatoms. The number of aliphatic hydroxyl groups is 1. The van der Waals surface area contributed by atoms with Gasteiger partial charge in [0.15, 0.2) is 0 Å². The average Bonchev–Trinajstić information content (AvgIpc) is 2.40. The average molecular weight is 299 g/mol.